The Kier molecular flexibility index (Phi) is 10.1. The van der Waals surface area contributed by atoms with Crippen LogP contribution in [-0.2, 0) is 41.5 Å². The monoisotopic (exact) mass is 498 g/mol. The summed E-state index contributed by atoms with van der Waals surface area (Å²) in [6, 6.07) is 15.7. The molecule has 2 rings (SSSR count). The lowest BCUT2D eigenvalue weighted by Crippen LogP contribution is -2.48. The molecule has 194 valence electrons. The van der Waals surface area contributed by atoms with Crippen LogP contribution in [0.5, 0.6) is 0 Å². The predicted octanol–water partition coefficient (Wildman–Crippen LogP) is 2.77. The number of carbonyl (C=O) groups excluding carboxylic acids is 4. The lowest BCUT2D eigenvalue weighted by atomic mass is 10.0. The van der Waals surface area contributed by atoms with Gasteiger partial charge in [0.15, 0.2) is 0 Å². The Bertz CT molecular complexity index is 985. The van der Waals surface area contributed by atoms with E-state index in [4.69, 9.17) is 9.47 Å². The van der Waals surface area contributed by atoms with E-state index in [-0.39, 0.29) is 45.9 Å². The van der Waals surface area contributed by atoms with Gasteiger partial charge in [-0.05, 0) is 22.3 Å². The fourth-order valence-electron chi connectivity index (χ4n) is 3.49. The standard InChI is InChI=1S/C28H38N2O6/c1-21(31)35-17-15-29(3,4)27(33)19-23-7-11-25(12-8-23)26-13-9-24(10-14-26)20-28(34)30(5,6)16-18-36-22(2)32/h7-14H,15-20H2,1-6H3/q+2. The fourth-order valence-corrected chi connectivity index (χ4v) is 3.49. The molecule has 0 aliphatic carbocycles. The molecule has 8 heteroatoms. The van der Waals surface area contributed by atoms with Crippen LogP contribution in [0.1, 0.15) is 25.0 Å². The van der Waals surface area contributed by atoms with Crippen molar-refractivity contribution in [3.05, 3.63) is 59.7 Å². The minimum atomic E-state index is -0.350. The number of amides is 2. The average molecular weight is 499 g/mol. The molecule has 0 aliphatic rings. The second-order valence-electron chi connectivity index (χ2n) is 10.0. The van der Waals surface area contributed by atoms with E-state index in [9.17, 15) is 19.2 Å². The fraction of sp³-hybridized carbons (Fsp3) is 0.429. The molecule has 0 aliphatic heterocycles. The first-order valence-electron chi connectivity index (χ1n) is 12.0. The van der Waals surface area contributed by atoms with Gasteiger partial charge in [-0.25, -0.2) is 9.59 Å². The smallest absolute Gasteiger partial charge is 0.317 e. The maximum Gasteiger partial charge on any atom is 0.317 e. The highest BCUT2D eigenvalue weighted by atomic mass is 16.5. The molecule has 0 unspecified atom stereocenters. The number of hydrogen-bond donors (Lipinski definition) is 0. The van der Waals surface area contributed by atoms with Gasteiger partial charge in [0.25, 0.3) is 0 Å². The molecule has 8 nitrogen and oxygen atoms in total. The molecule has 0 saturated heterocycles. The summed E-state index contributed by atoms with van der Waals surface area (Å²) >= 11 is 0. The largest absolute Gasteiger partial charge is 0.460 e. The Morgan fingerprint density at radius 2 is 0.889 bits per heavy atom. The number of likely N-dealkylation sites (N-methyl/N-ethyl adjacent to an activating group) is 2. The van der Waals surface area contributed by atoms with Gasteiger partial charge in [0.05, 0.1) is 41.0 Å². The molecule has 0 N–H and O–H groups in total. The summed E-state index contributed by atoms with van der Waals surface area (Å²) in [5.74, 6) is -0.620. The quantitative estimate of drug-likeness (QED) is 0.350. The van der Waals surface area contributed by atoms with Crippen LogP contribution < -0.4 is 0 Å². The molecule has 2 aromatic rings. The highest BCUT2D eigenvalue weighted by Gasteiger charge is 2.27. The summed E-state index contributed by atoms with van der Waals surface area (Å²) in [5, 5.41) is 0. The highest BCUT2D eigenvalue weighted by molar-refractivity contribution is 5.74. The predicted molar refractivity (Wildman–Crippen MR) is 137 cm³/mol. The Morgan fingerprint density at radius 3 is 1.17 bits per heavy atom. The minimum absolute atomic E-state index is 0.0399. The van der Waals surface area contributed by atoms with Gasteiger partial charge in [0, 0.05) is 13.8 Å². The summed E-state index contributed by atoms with van der Waals surface area (Å²) < 4.78 is 10.2. The Hall–Kier alpha value is -3.36. The summed E-state index contributed by atoms with van der Waals surface area (Å²) in [6.45, 7) is 3.97. The van der Waals surface area contributed by atoms with Crippen LogP contribution >= 0.6 is 0 Å². The normalized spacial score (nSPS) is 11.6. The van der Waals surface area contributed by atoms with Crippen molar-refractivity contribution in [2.45, 2.75) is 26.7 Å². The van der Waals surface area contributed by atoms with Gasteiger partial charge in [-0.3, -0.25) is 18.6 Å². The molecule has 0 spiro atoms. The van der Waals surface area contributed by atoms with Crippen molar-refractivity contribution in [2.75, 3.05) is 54.5 Å². The van der Waals surface area contributed by atoms with Crippen LogP contribution in [0.3, 0.4) is 0 Å². The third kappa shape index (κ3) is 9.02. The van der Waals surface area contributed by atoms with Crippen LogP contribution in [0.25, 0.3) is 11.1 Å². The topological polar surface area (TPSA) is 86.7 Å². The van der Waals surface area contributed by atoms with Crippen LogP contribution in [0.15, 0.2) is 48.5 Å². The van der Waals surface area contributed by atoms with Gasteiger partial charge in [-0.2, -0.15) is 0 Å². The minimum Gasteiger partial charge on any atom is -0.460 e. The SMILES string of the molecule is CC(=O)OCC[N+](C)(C)C(=O)Cc1ccc(-c2ccc(CC(=O)[N+](C)(C)CCOC(C)=O)cc2)cc1. The summed E-state index contributed by atoms with van der Waals surface area (Å²) in [4.78, 5) is 47.4. The lowest BCUT2D eigenvalue weighted by Gasteiger charge is -2.26. The van der Waals surface area contributed by atoms with Crippen LogP contribution in [0.4, 0.5) is 0 Å². The summed E-state index contributed by atoms with van der Waals surface area (Å²) in [7, 11) is 7.25. The van der Waals surface area contributed by atoms with Crippen molar-refractivity contribution in [1.82, 2.24) is 0 Å². The molecule has 2 amide bonds. The zero-order valence-electron chi connectivity index (χ0n) is 22.2. The maximum absolute atomic E-state index is 12.7. The van der Waals surface area contributed by atoms with Gasteiger partial charge in [-0.1, -0.05) is 48.5 Å². The molecular formula is C28H38N2O6+2. The molecule has 0 aromatic heterocycles. The number of benzene rings is 2. The molecule has 0 bridgehead atoms. The second kappa shape index (κ2) is 12.6. The zero-order valence-corrected chi connectivity index (χ0v) is 22.2. The lowest BCUT2D eigenvalue weighted by molar-refractivity contribution is -0.814. The third-order valence-electron chi connectivity index (χ3n) is 6.21. The van der Waals surface area contributed by atoms with Crippen LogP contribution in [0, 0.1) is 0 Å². The third-order valence-corrected chi connectivity index (χ3v) is 6.21. The summed E-state index contributed by atoms with van der Waals surface area (Å²) in [6.07, 6.45) is 0.583. The van der Waals surface area contributed by atoms with Crippen molar-refractivity contribution < 1.29 is 37.6 Å². The number of quaternary nitrogens is 2. The van der Waals surface area contributed by atoms with Crippen molar-refractivity contribution in [2.24, 2.45) is 0 Å². The number of hydrogen-bond acceptors (Lipinski definition) is 6. The van der Waals surface area contributed by atoms with E-state index in [2.05, 4.69) is 0 Å². The van der Waals surface area contributed by atoms with E-state index in [1.54, 1.807) is 0 Å². The van der Waals surface area contributed by atoms with E-state index in [1.807, 2.05) is 76.7 Å². The van der Waals surface area contributed by atoms with E-state index in [0.717, 1.165) is 22.3 Å². The molecule has 0 saturated carbocycles. The average Bonchev–Trinajstić information content (AvgIpc) is 2.79. The van der Waals surface area contributed by atoms with Crippen LogP contribution in [0.2, 0.25) is 0 Å². The molecule has 0 heterocycles. The first-order valence-corrected chi connectivity index (χ1v) is 12.0. The first kappa shape index (κ1) is 28.9. The van der Waals surface area contributed by atoms with Gasteiger partial charge in [0.2, 0.25) is 0 Å². The number of nitrogens with zero attached hydrogens (tertiary/aromatic N) is 2. The second-order valence-corrected chi connectivity index (χ2v) is 10.0. The van der Waals surface area contributed by atoms with Crippen molar-refractivity contribution in [1.29, 1.82) is 0 Å². The first-order chi connectivity index (χ1) is 16.8. The van der Waals surface area contributed by atoms with Crippen LogP contribution in [-0.4, -0.2) is 87.2 Å². The Morgan fingerprint density at radius 1 is 0.583 bits per heavy atom. The van der Waals surface area contributed by atoms with E-state index < -0.39 is 0 Å². The molecule has 0 fully saturated rings. The van der Waals surface area contributed by atoms with Crippen molar-refractivity contribution in [3.8, 4) is 11.1 Å². The molecule has 0 atom stereocenters. The number of esters is 2. The van der Waals surface area contributed by atoms with Crippen molar-refractivity contribution >= 4 is 23.8 Å². The van der Waals surface area contributed by atoms with Crippen molar-refractivity contribution in [3.63, 3.8) is 0 Å². The number of ether oxygens (including phenoxy) is 2. The van der Waals surface area contributed by atoms with E-state index in [0.29, 0.717) is 25.9 Å². The zero-order chi connectivity index (χ0) is 26.9. The van der Waals surface area contributed by atoms with Gasteiger partial charge in [-0.15, -0.1) is 0 Å². The van der Waals surface area contributed by atoms with E-state index in [1.165, 1.54) is 13.8 Å². The molecule has 0 radical (unpaired) electrons. The number of carbonyl (C=O) groups is 4. The Balaban J connectivity index is 1.95. The van der Waals surface area contributed by atoms with E-state index >= 15 is 0 Å². The summed E-state index contributed by atoms with van der Waals surface area (Å²) in [5.41, 5.74) is 3.87. The van der Waals surface area contributed by atoms with Gasteiger partial charge in [0.1, 0.15) is 26.3 Å². The molecule has 36 heavy (non-hydrogen) atoms. The highest BCUT2D eigenvalue weighted by Crippen LogP contribution is 2.22. The van der Waals surface area contributed by atoms with Gasteiger partial charge >= 0.3 is 23.8 Å². The number of rotatable bonds is 11. The molecular weight excluding hydrogens is 460 g/mol. The molecule has 2 aromatic carbocycles. The van der Waals surface area contributed by atoms with Gasteiger partial charge < -0.3 is 9.47 Å². The maximum atomic E-state index is 12.7. The Labute approximate surface area is 213 Å².